The zero-order valence-electron chi connectivity index (χ0n) is 10.4. The lowest BCUT2D eigenvalue weighted by Gasteiger charge is -2.11. The van der Waals surface area contributed by atoms with E-state index >= 15 is 0 Å². The Bertz CT molecular complexity index is 666. The predicted octanol–water partition coefficient (Wildman–Crippen LogP) is 3.77. The second kappa shape index (κ2) is 4.96. The Morgan fingerprint density at radius 1 is 1.20 bits per heavy atom. The van der Waals surface area contributed by atoms with Crippen LogP contribution in [0.15, 0.2) is 36.5 Å². The molecule has 0 amide bonds. The summed E-state index contributed by atoms with van der Waals surface area (Å²) in [6.45, 7) is 1.53. The molecule has 0 aliphatic rings. The summed E-state index contributed by atoms with van der Waals surface area (Å²) >= 11 is 0. The Morgan fingerprint density at radius 2 is 1.90 bits per heavy atom. The van der Waals surface area contributed by atoms with Gasteiger partial charge in [-0.25, -0.2) is 4.79 Å². The number of aryl methyl sites for hydroxylation is 1. The van der Waals surface area contributed by atoms with Crippen molar-refractivity contribution in [2.45, 2.75) is 13.1 Å². The topological polar surface area (TPSA) is 50.2 Å². The summed E-state index contributed by atoms with van der Waals surface area (Å²) in [7, 11) is 0. The van der Waals surface area contributed by atoms with Crippen LogP contribution in [0, 0.1) is 6.92 Å². The third kappa shape index (κ3) is 2.79. The fraction of sp³-hybridized carbons (Fsp3) is 0.143. The van der Waals surface area contributed by atoms with Gasteiger partial charge in [-0.2, -0.15) is 13.2 Å². The van der Waals surface area contributed by atoms with Gasteiger partial charge in [0.2, 0.25) is 0 Å². The van der Waals surface area contributed by atoms with Crippen LogP contribution in [0.25, 0.3) is 11.3 Å². The third-order valence-electron chi connectivity index (χ3n) is 2.84. The number of halogens is 3. The van der Waals surface area contributed by atoms with Gasteiger partial charge in [-0.3, -0.25) is 4.98 Å². The van der Waals surface area contributed by atoms with Crippen molar-refractivity contribution in [1.82, 2.24) is 4.98 Å². The van der Waals surface area contributed by atoms with Gasteiger partial charge in [0, 0.05) is 11.8 Å². The zero-order chi connectivity index (χ0) is 14.9. The number of aromatic nitrogens is 1. The number of pyridine rings is 1. The largest absolute Gasteiger partial charge is 0.478 e. The maximum Gasteiger partial charge on any atom is 0.416 e. The van der Waals surface area contributed by atoms with Crippen LogP contribution in [0.5, 0.6) is 0 Å². The van der Waals surface area contributed by atoms with E-state index in [0.717, 1.165) is 12.1 Å². The predicted molar refractivity (Wildman–Crippen MR) is 66.4 cm³/mol. The lowest BCUT2D eigenvalue weighted by Crippen LogP contribution is -2.05. The molecule has 1 N–H and O–H groups in total. The van der Waals surface area contributed by atoms with Gasteiger partial charge in [0.15, 0.2) is 0 Å². The van der Waals surface area contributed by atoms with E-state index in [-0.39, 0.29) is 5.56 Å². The number of nitrogens with zero attached hydrogens (tertiary/aromatic N) is 1. The average Bonchev–Trinajstić information content (AvgIpc) is 2.37. The molecule has 0 bridgehead atoms. The molecule has 0 spiro atoms. The fourth-order valence-electron chi connectivity index (χ4n) is 1.84. The standard InChI is InChI=1S/C14H10F3NO2/c1-8-6-10(14(15,16)17)2-3-11(8)12-7-9(13(19)20)4-5-18-12/h2-7H,1H3,(H,19,20). The molecule has 6 heteroatoms. The molecule has 0 atom stereocenters. The number of benzene rings is 1. The van der Waals surface area contributed by atoms with Crippen molar-refractivity contribution in [1.29, 1.82) is 0 Å². The smallest absolute Gasteiger partial charge is 0.416 e. The first kappa shape index (κ1) is 14.0. The monoisotopic (exact) mass is 281 g/mol. The molecule has 0 saturated heterocycles. The van der Waals surface area contributed by atoms with Crippen LogP contribution in [0.3, 0.4) is 0 Å². The average molecular weight is 281 g/mol. The van der Waals surface area contributed by atoms with Crippen LogP contribution in [-0.4, -0.2) is 16.1 Å². The van der Waals surface area contributed by atoms with Crippen molar-refractivity contribution in [2.24, 2.45) is 0 Å². The van der Waals surface area contributed by atoms with Crippen LogP contribution in [0.2, 0.25) is 0 Å². The molecule has 0 aliphatic carbocycles. The van der Waals surface area contributed by atoms with Crippen molar-refractivity contribution >= 4 is 5.97 Å². The molecule has 0 fully saturated rings. The first-order valence-corrected chi connectivity index (χ1v) is 5.66. The lowest BCUT2D eigenvalue weighted by atomic mass is 10.0. The summed E-state index contributed by atoms with van der Waals surface area (Å²) in [6.07, 6.45) is -3.09. The molecule has 0 unspecified atom stereocenters. The van der Waals surface area contributed by atoms with Gasteiger partial charge in [-0.15, -0.1) is 0 Å². The van der Waals surface area contributed by atoms with E-state index in [4.69, 9.17) is 5.11 Å². The number of aromatic carboxylic acids is 1. The Kier molecular flexibility index (Phi) is 3.48. The number of hydrogen-bond acceptors (Lipinski definition) is 2. The normalized spacial score (nSPS) is 11.4. The van der Waals surface area contributed by atoms with Gasteiger partial charge >= 0.3 is 12.1 Å². The van der Waals surface area contributed by atoms with Gasteiger partial charge in [0.25, 0.3) is 0 Å². The van der Waals surface area contributed by atoms with Gasteiger partial charge in [0.05, 0.1) is 16.8 Å². The summed E-state index contributed by atoms with van der Waals surface area (Å²) in [5.41, 5.74) is 0.481. The highest BCUT2D eigenvalue weighted by Crippen LogP contribution is 2.32. The second-order valence-corrected chi connectivity index (χ2v) is 4.26. The number of hydrogen-bond donors (Lipinski definition) is 1. The SMILES string of the molecule is Cc1cc(C(F)(F)F)ccc1-c1cc(C(=O)O)ccn1. The zero-order valence-corrected chi connectivity index (χ0v) is 10.4. The highest BCUT2D eigenvalue weighted by molar-refractivity contribution is 5.88. The second-order valence-electron chi connectivity index (χ2n) is 4.26. The summed E-state index contributed by atoms with van der Waals surface area (Å²) in [5.74, 6) is -1.11. The maximum atomic E-state index is 12.6. The number of carbonyl (C=O) groups is 1. The van der Waals surface area contributed by atoms with Crippen LogP contribution in [0.1, 0.15) is 21.5 Å². The molecule has 1 aromatic carbocycles. The van der Waals surface area contributed by atoms with Crippen molar-refractivity contribution in [3.63, 3.8) is 0 Å². The van der Waals surface area contributed by atoms with Gasteiger partial charge < -0.3 is 5.11 Å². The van der Waals surface area contributed by atoms with E-state index in [9.17, 15) is 18.0 Å². The van der Waals surface area contributed by atoms with Crippen molar-refractivity contribution < 1.29 is 23.1 Å². The van der Waals surface area contributed by atoms with Crippen LogP contribution < -0.4 is 0 Å². The molecular formula is C14H10F3NO2. The Balaban J connectivity index is 2.49. The van der Waals surface area contributed by atoms with Crippen LogP contribution in [-0.2, 0) is 6.18 Å². The molecule has 2 aromatic rings. The van der Waals surface area contributed by atoms with Crippen molar-refractivity contribution in [3.8, 4) is 11.3 Å². The molecule has 1 heterocycles. The molecule has 2 rings (SSSR count). The van der Waals surface area contributed by atoms with E-state index in [2.05, 4.69) is 4.98 Å². The molecule has 1 aromatic heterocycles. The van der Waals surface area contributed by atoms with E-state index in [1.807, 2.05) is 0 Å². The summed E-state index contributed by atoms with van der Waals surface area (Å²) < 4.78 is 37.7. The number of alkyl halides is 3. The summed E-state index contributed by atoms with van der Waals surface area (Å²) in [4.78, 5) is 14.9. The molecule has 20 heavy (non-hydrogen) atoms. The van der Waals surface area contributed by atoms with E-state index in [1.165, 1.54) is 31.3 Å². The summed E-state index contributed by atoms with van der Waals surface area (Å²) in [5, 5.41) is 8.90. The third-order valence-corrected chi connectivity index (χ3v) is 2.84. The lowest BCUT2D eigenvalue weighted by molar-refractivity contribution is -0.137. The first-order valence-electron chi connectivity index (χ1n) is 5.66. The quantitative estimate of drug-likeness (QED) is 0.911. The van der Waals surface area contributed by atoms with Gasteiger partial charge in [-0.1, -0.05) is 6.07 Å². The molecular weight excluding hydrogens is 271 g/mol. The molecule has 0 saturated carbocycles. The number of carboxylic acid groups (broad SMARTS) is 1. The van der Waals surface area contributed by atoms with Crippen molar-refractivity contribution in [3.05, 3.63) is 53.2 Å². The van der Waals surface area contributed by atoms with Crippen LogP contribution in [0.4, 0.5) is 13.2 Å². The number of rotatable bonds is 2. The molecule has 104 valence electrons. The van der Waals surface area contributed by atoms with E-state index in [0.29, 0.717) is 16.8 Å². The number of carboxylic acids is 1. The van der Waals surface area contributed by atoms with Crippen LogP contribution >= 0.6 is 0 Å². The Labute approximate surface area is 112 Å². The van der Waals surface area contributed by atoms with Gasteiger partial charge in [-0.05, 0) is 36.8 Å². The highest BCUT2D eigenvalue weighted by atomic mass is 19.4. The minimum absolute atomic E-state index is 0.0364. The van der Waals surface area contributed by atoms with Crippen molar-refractivity contribution in [2.75, 3.05) is 0 Å². The fourth-order valence-corrected chi connectivity index (χ4v) is 1.84. The maximum absolute atomic E-state index is 12.6. The highest BCUT2D eigenvalue weighted by Gasteiger charge is 2.30. The van der Waals surface area contributed by atoms with E-state index < -0.39 is 17.7 Å². The molecule has 0 radical (unpaired) electrons. The minimum atomic E-state index is -4.40. The van der Waals surface area contributed by atoms with Gasteiger partial charge in [0.1, 0.15) is 0 Å². The minimum Gasteiger partial charge on any atom is -0.478 e. The molecule has 0 aliphatic heterocycles. The Hall–Kier alpha value is -2.37. The molecule has 3 nitrogen and oxygen atoms in total. The van der Waals surface area contributed by atoms with E-state index in [1.54, 1.807) is 0 Å². The summed E-state index contributed by atoms with van der Waals surface area (Å²) in [6, 6.07) is 5.93. The first-order chi connectivity index (χ1) is 9.29. The Morgan fingerprint density at radius 3 is 2.45 bits per heavy atom.